The SMILES string of the molecule is Nc1ccc(S)cc1.Nc1ccccc1. The molecule has 3 heteroatoms. The molecule has 0 aromatic heterocycles. The van der Waals surface area contributed by atoms with Gasteiger partial charge in [0.1, 0.15) is 0 Å². The van der Waals surface area contributed by atoms with Gasteiger partial charge in [0.2, 0.25) is 0 Å². The number of hydrogen-bond donors (Lipinski definition) is 3. The molecule has 0 saturated carbocycles. The maximum Gasteiger partial charge on any atom is 0.0314 e. The van der Waals surface area contributed by atoms with Gasteiger partial charge in [0.25, 0.3) is 0 Å². The highest BCUT2D eigenvalue weighted by molar-refractivity contribution is 7.80. The number of hydrogen-bond acceptors (Lipinski definition) is 3. The molecule has 2 rings (SSSR count). The van der Waals surface area contributed by atoms with E-state index >= 15 is 0 Å². The van der Waals surface area contributed by atoms with Crippen molar-refractivity contribution in [2.24, 2.45) is 0 Å². The van der Waals surface area contributed by atoms with Crippen LogP contribution >= 0.6 is 12.6 Å². The summed E-state index contributed by atoms with van der Waals surface area (Å²) < 4.78 is 0. The molecule has 2 aromatic rings. The predicted octanol–water partition coefficient (Wildman–Crippen LogP) is 2.83. The minimum Gasteiger partial charge on any atom is -0.399 e. The van der Waals surface area contributed by atoms with Crippen LogP contribution in [0.4, 0.5) is 11.4 Å². The number of benzene rings is 2. The van der Waals surface area contributed by atoms with Crippen LogP contribution in [0.25, 0.3) is 0 Å². The lowest BCUT2D eigenvalue weighted by molar-refractivity contribution is 1.48. The number of para-hydroxylation sites is 1. The summed E-state index contributed by atoms with van der Waals surface area (Å²) in [4.78, 5) is 0.944. The Balaban J connectivity index is 0.000000151. The molecule has 2 aromatic carbocycles. The van der Waals surface area contributed by atoms with Crippen LogP contribution in [0, 0.1) is 0 Å². The molecule has 0 fully saturated rings. The fourth-order valence-corrected chi connectivity index (χ4v) is 1.08. The van der Waals surface area contributed by atoms with Gasteiger partial charge in [-0.3, -0.25) is 0 Å². The molecule has 0 spiro atoms. The fraction of sp³-hybridized carbons (Fsp3) is 0. The van der Waals surface area contributed by atoms with Gasteiger partial charge in [-0.25, -0.2) is 0 Å². The van der Waals surface area contributed by atoms with Gasteiger partial charge in [0, 0.05) is 16.3 Å². The van der Waals surface area contributed by atoms with E-state index in [0.717, 1.165) is 16.3 Å². The van der Waals surface area contributed by atoms with E-state index in [1.54, 1.807) is 0 Å². The Hall–Kier alpha value is -1.61. The second-order valence-corrected chi connectivity index (χ2v) is 3.52. The zero-order chi connectivity index (χ0) is 11.1. The van der Waals surface area contributed by atoms with Crippen LogP contribution in [0.2, 0.25) is 0 Å². The number of nitrogens with two attached hydrogens (primary N) is 2. The first-order chi connectivity index (χ1) is 7.18. The van der Waals surface area contributed by atoms with Crippen molar-refractivity contribution in [3.8, 4) is 0 Å². The minimum atomic E-state index is 0.780. The molecule has 78 valence electrons. The maximum atomic E-state index is 5.39. The highest BCUT2D eigenvalue weighted by Gasteiger charge is 1.81. The van der Waals surface area contributed by atoms with Gasteiger partial charge in [0.05, 0.1) is 0 Å². The largest absolute Gasteiger partial charge is 0.399 e. The zero-order valence-electron chi connectivity index (χ0n) is 8.30. The van der Waals surface area contributed by atoms with E-state index < -0.39 is 0 Å². The molecule has 15 heavy (non-hydrogen) atoms. The van der Waals surface area contributed by atoms with Crippen LogP contribution in [-0.4, -0.2) is 0 Å². The van der Waals surface area contributed by atoms with Crippen LogP contribution in [0.3, 0.4) is 0 Å². The lowest BCUT2D eigenvalue weighted by Gasteiger charge is -1.89. The summed E-state index contributed by atoms with van der Waals surface area (Å²) in [7, 11) is 0. The molecular weight excluding hydrogens is 204 g/mol. The van der Waals surface area contributed by atoms with Crippen LogP contribution in [0.1, 0.15) is 0 Å². The zero-order valence-corrected chi connectivity index (χ0v) is 9.19. The van der Waals surface area contributed by atoms with Crippen molar-refractivity contribution >= 4 is 24.0 Å². The molecule has 0 bridgehead atoms. The Morgan fingerprint density at radius 3 is 1.47 bits per heavy atom. The molecule has 0 aliphatic heterocycles. The average molecular weight is 218 g/mol. The third-order valence-electron chi connectivity index (χ3n) is 1.69. The smallest absolute Gasteiger partial charge is 0.0314 e. The van der Waals surface area contributed by atoms with Crippen LogP contribution in [0.5, 0.6) is 0 Å². The third-order valence-corrected chi connectivity index (χ3v) is 1.99. The lowest BCUT2D eigenvalue weighted by atomic mass is 10.3. The predicted molar refractivity (Wildman–Crippen MR) is 69.0 cm³/mol. The highest BCUT2D eigenvalue weighted by Crippen LogP contribution is 2.07. The first kappa shape index (κ1) is 11.5. The Bertz CT molecular complexity index is 363. The van der Waals surface area contributed by atoms with Crippen LogP contribution in [0.15, 0.2) is 59.5 Å². The van der Waals surface area contributed by atoms with Gasteiger partial charge in [0.15, 0.2) is 0 Å². The van der Waals surface area contributed by atoms with Crippen molar-refractivity contribution in [1.82, 2.24) is 0 Å². The average Bonchev–Trinajstić information content (AvgIpc) is 2.25. The Morgan fingerprint density at radius 1 is 0.667 bits per heavy atom. The van der Waals surface area contributed by atoms with E-state index in [1.165, 1.54) is 0 Å². The Labute approximate surface area is 95.3 Å². The second-order valence-electron chi connectivity index (χ2n) is 3.00. The van der Waals surface area contributed by atoms with E-state index in [2.05, 4.69) is 12.6 Å². The van der Waals surface area contributed by atoms with E-state index in [1.807, 2.05) is 54.6 Å². The van der Waals surface area contributed by atoms with E-state index in [-0.39, 0.29) is 0 Å². The van der Waals surface area contributed by atoms with Crippen molar-refractivity contribution in [3.05, 3.63) is 54.6 Å². The molecule has 2 nitrogen and oxygen atoms in total. The molecule has 0 atom stereocenters. The van der Waals surface area contributed by atoms with Crippen molar-refractivity contribution in [2.45, 2.75) is 4.90 Å². The topological polar surface area (TPSA) is 52.0 Å². The number of nitrogen functional groups attached to an aromatic ring is 2. The molecule has 0 heterocycles. The van der Waals surface area contributed by atoms with Gasteiger partial charge in [-0.05, 0) is 36.4 Å². The molecule has 0 unspecified atom stereocenters. The van der Waals surface area contributed by atoms with Gasteiger partial charge >= 0.3 is 0 Å². The maximum absolute atomic E-state index is 5.39. The summed E-state index contributed by atoms with van der Waals surface area (Å²) in [5.41, 5.74) is 12.4. The molecule has 0 aliphatic rings. The summed E-state index contributed by atoms with van der Waals surface area (Å²) in [5, 5.41) is 0. The Kier molecular flexibility index (Phi) is 4.57. The summed E-state index contributed by atoms with van der Waals surface area (Å²) in [6, 6.07) is 16.8. The molecule has 0 saturated heterocycles. The first-order valence-electron chi connectivity index (χ1n) is 4.53. The molecule has 0 aliphatic carbocycles. The van der Waals surface area contributed by atoms with E-state index in [0.29, 0.717) is 0 Å². The summed E-state index contributed by atoms with van der Waals surface area (Å²) in [6.45, 7) is 0. The molecule has 0 radical (unpaired) electrons. The fourth-order valence-electron chi connectivity index (χ4n) is 0.927. The van der Waals surface area contributed by atoms with Crippen molar-refractivity contribution in [2.75, 3.05) is 11.5 Å². The number of rotatable bonds is 0. The summed E-state index contributed by atoms with van der Waals surface area (Å²) in [5.74, 6) is 0. The van der Waals surface area contributed by atoms with Gasteiger partial charge in [-0.1, -0.05) is 18.2 Å². The molecule has 4 N–H and O–H groups in total. The van der Waals surface area contributed by atoms with Gasteiger partial charge < -0.3 is 11.5 Å². The number of thiol groups is 1. The van der Waals surface area contributed by atoms with E-state index in [9.17, 15) is 0 Å². The number of anilines is 2. The molecule has 0 amide bonds. The van der Waals surface area contributed by atoms with Crippen LogP contribution < -0.4 is 11.5 Å². The Morgan fingerprint density at radius 2 is 1.13 bits per heavy atom. The van der Waals surface area contributed by atoms with Crippen molar-refractivity contribution < 1.29 is 0 Å². The normalized spacial score (nSPS) is 8.87. The standard InChI is InChI=1S/C6H7NS.C6H7N/c7-5-1-3-6(8)4-2-5;7-6-4-2-1-3-5-6/h1-4,8H,7H2;1-5H,7H2. The van der Waals surface area contributed by atoms with Crippen LogP contribution in [-0.2, 0) is 0 Å². The molecular formula is C12H14N2S. The summed E-state index contributed by atoms with van der Waals surface area (Å²) >= 11 is 4.08. The highest BCUT2D eigenvalue weighted by atomic mass is 32.1. The third kappa shape index (κ3) is 4.98. The second kappa shape index (κ2) is 5.98. The van der Waals surface area contributed by atoms with Gasteiger partial charge in [-0.2, -0.15) is 0 Å². The summed E-state index contributed by atoms with van der Waals surface area (Å²) in [6.07, 6.45) is 0. The quantitative estimate of drug-likeness (QED) is 0.470. The monoisotopic (exact) mass is 218 g/mol. The minimum absolute atomic E-state index is 0.780. The van der Waals surface area contributed by atoms with Gasteiger partial charge in [-0.15, -0.1) is 12.6 Å². The van der Waals surface area contributed by atoms with Crippen molar-refractivity contribution in [3.63, 3.8) is 0 Å². The lowest BCUT2D eigenvalue weighted by Crippen LogP contribution is -1.80. The van der Waals surface area contributed by atoms with Crippen molar-refractivity contribution in [1.29, 1.82) is 0 Å². The first-order valence-corrected chi connectivity index (χ1v) is 4.98. The van der Waals surface area contributed by atoms with E-state index in [4.69, 9.17) is 11.5 Å².